The van der Waals surface area contributed by atoms with Crippen LogP contribution in [0.4, 0.5) is 5.13 Å². The molecule has 2 unspecified atom stereocenters. The lowest BCUT2D eigenvalue weighted by Crippen LogP contribution is -2.48. The van der Waals surface area contributed by atoms with Crippen LogP contribution in [0.25, 0.3) is 0 Å². The number of hydrogen-bond donors (Lipinski definition) is 1. The third-order valence-corrected chi connectivity index (χ3v) is 5.65. The summed E-state index contributed by atoms with van der Waals surface area (Å²) < 4.78 is 0.973. The van der Waals surface area contributed by atoms with E-state index in [9.17, 15) is 0 Å². The van der Waals surface area contributed by atoms with Crippen LogP contribution < -0.4 is 10.2 Å². The van der Waals surface area contributed by atoms with Crippen molar-refractivity contribution < 1.29 is 0 Å². The minimum Gasteiger partial charge on any atom is -0.345 e. The van der Waals surface area contributed by atoms with Gasteiger partial charge in [-0.3, -0.25) is 0 Å². The summed E-state index contributed by atoms with van der Waals surface area (Å²) in [5.74, 6) is 0. The molecule has 3 nitrogen and oxygen atoms in total. The Labute approximate surface area is 121 Å². The number of thiazole rings is 1. The minimum absolute atomic E-state index is 0.682. The average molecular weight is 330 g/mol. The lowest BCUT2D eigenvalue weighted by atomic mass is 9.98. The third kappa shape index (κ3) is 2.58. The van der Waals surface area contributed by atoms with Crippen LogP contribution in [-0.2, 0) is 0 Å². The van der Waals surface area contributed by atoms with E-state index in [1.165, 1.54) is 37.2 Å². The zero-order chi connectivity index (χ0) is 12.5. The van der Waals surface area contributed by atoms with Gasteiger partial charge >= 0.3 is 0 Å². The molecule has 3 heterocycles. The summed E-state index contributed by atoms with van der Waals surface area (Å²) in [6.45, 7) is 3.38. The fraction of sp³-hybridized carbons (Fsp3) is 0.769. The number of nitrogens with zero attached hydrogens (tertiary/aromatic N) is 2. The van der Waals surface area contributed by atoms with E-state index in [1.54, 1.807) is 11.3 Å². The van der Waals surface area contributed by atoms with E-state index < -0.39 is 0 Å². The van der Waals surface area contributed by atoms with Gasteiger partial charge in [0.15, 0.2) is 5.13 Å². The molecule has 2 aliphatic rings. The molecule has 0 amide bonds. The smallest absolute Gasteiger partial charge is 0.186 e. The third-order valence-electron chi connectivity index (χ3n) is 4.06. The van der Waals surface area contributed by atoms with Crippen molar-refractivity contribution in [3.8, 4) is 0 Å². The highest BCUT2D eigenvalue weighted by molar-refractivity contribution is 9.10. The highest BCUT2D eigenvalue weighted by atomic mass is 79.9. The molecule has 5 heteroatoms. The topological polar surface area (TPSA) is 28.2 Å². The van der Waals surface area contributed by atoms with Crippen molar-refractivity contribution in [1.82, 2.24) is 10.3 Å². The molecule has 2 atom stereocenters. The van der Waals surface area contributed by atoms with E-state index in [2.05, 4.69) is 43.4 Å². The summed E-state index contributed by atoms with van der Waals surface area (Å²) in [6, 6.07) is 2.18. The van der Waals surface area contributed by atoms with Crippen molar-refractivity contribution in [2.75, 3.05) is 11.4 Å². The first-order valence-corrected chi connectivity index (χ1v) is 8.57. The predicted octanol–water partition coefficient (Wildman–Crippen LogP) is 3.41. The van der Waals surface area contributed by atoms with Crippen LogP contribution in [0.3, 0.4) is 0 Å². The van der Waals surface area contributed by atoms with Gasteiger partial charge in [0, 0.05) is 30.1 Å². The van der Waals surface area contributed by atoms with E-state index in [1.807, 2.05) is 0 Å². The summed E-state index contributed by atoms with van der Waals surface area (Å²) in [6.07, 6.45) is 6.49. The highest BCUT2D eigenvalue weighted by Gasteiger charge is 2.36. The second-order valence-corrected chi connectivity index (χ2v) is 7.06. The number of rotatable bonds is 4. The van der Waals surface area contributed by atoms with Crippen molar-refractivity contribution in [1.29, 1.82) is 0 Å². The zero-order valence-corrected chi connectivity index (χ0v) is 13.1. The lowest BCUT2D eigenvalue weighted by Gasteiger charge is -2.37. The molecule has 2 bridgehead atoms. The summed E-state index contributed by atoms with van der Waals surface area (Å²) in [7, 11) is 0. The van der Waals surface area contributed by atoms with Crippen molar-refractivity contribution in [3.63, 3.8) is 0 Å². The van der Waals surface area contributed by atoms with Gasteiger partial charge in [-0.2, -0.15) is 0 Å². The van der Waals surface area contributed by atoms with Crippen LogP contribution in [0, 0.1) is 0 Å². The molecule has 2 saturated heterocycles. The fourth-order valence-electron chi connectivity index (χ4n) is 3.33. The Kier molecular flexibility index (Phi) is 3.91. The van der Waals surface area contributed by atoms with Gasteiger partial charge in [-0.1, -0.05) is 6.92 Å². The zero-order valence-electron chi connectivity index (χ0n) is 10.7. The Hall–Kier alpha value is -0.130. The highest BCUT2D eigenvalue weighted by Crippen LogP contribution is 2.34. The van der Waals surface area contributed by atoms with Crippen LogP contribution in [-0.4, -0.2) is 29.7 Å². The molecule has 2 fully saturated rings. The predicted molar refractivity (Wildman–Crippen MR) is 80.4 cm³/mol. The molecule has 100 valence electrons. The van der Waals surface area contributed by atoms with Crippen LogP contribution in [0.1, 0.15) is 39.0 Å². The van der Waals surface area contributed by atoms with E-state index in [-0.39, 0.29) is 0 Å². The number of hydrogen-bond acceptors (Lipinski definition) is 4. The summed E-state index contributed by atoms with van der Waals surface area (Å²) in [4.78, 5) is 7.16. The van der Waals surface area contributed by atoms with Crippen LogP contribution in [0.2, 0.25) is 0 Å². The molecular formula is C13H20BrN3S. The van der Waals surface area contributed by atoms with E-state index in [4.69, 9.17) is 0 Å². The van der Waals surface area contributed by atoms with Gasteiger partial charge in [-0.05, 0) is 48.0 Å². The molecule has 0 aliphatic carbocycles. The maximum absolute atomic E-state index is 4.62. The summed E-state index contributed by atoms with van der Waals surface area (Å²) in [5.41, 5.74) is 0. The maximum atomic E-state index is 4.62. The summed E-state index contributed by atoms with van der Waals surface area (Å²) >= 11 is 5.23. The quantitative estimate of drug-likeness (QED) is 0.917. The first-order valence-electron chi connectivity index (χ1n) is 6.90. The van der Waals surface area contributed by atoms with Gasteiger partial charge in [-0.15, -0.1) is 11.3 Å². The lowest BCUT2D eigenvalue weighted by molar-refractivity contribution is 0.346. The number of fused-ring (bicyclic) bond motifs is 2. The Morgan fingerprint density at radius 2 is 2.17 bits per heavy atom. The normalized spacial score (nSPS) is 30.7. The standard InChI is InChI=1S/C13H20BrN3S/c1-2-5-17(13-16-12(14)8-18-13)11-6-9-3-4-10(7-11)15-9/h8-11,15H,2-7H2,1H3. The van der Waals surface area contributed by atoms with Gasteiger partial charge in [0.1, 0.15) is 4.60 Å². The largest absolute Gasteiger partial charge is 0.345 e. The van der Waals surface area contributed by atoms with E-state index >= 15 is 0 Å². The number of piperidine rings is 1. The molecule has 0 spiro atoms. The van der Waals surface area contributed by atoms with Crippen molar-refractivity contribution in [2.45, 2.75) is 57.2 Å². The molecule has 0 radical (unpaired) electrons. The Balaban J connectivity index is 1.77. The van der Waals surface area contributed by atoms with Crippen molar-refractivity contribution in [3.05, 3.63) is 9.98 Å². The molecule has 18 heavy (non-hydrogen) atoms. The maximum Gasteiger partial charge on any atom is 0.186 e. The number of halogens is 1. The molecule has 1 aromatic rings. The molecule has 0 aromatic carbocycles. The average Bonchev–Trinajstić information content (AvgIpc) is 2.92. The molecule has 3 rings (SSSR count). The first-order chi connectivity index (χ1) is 8.76. The van der Waals surface area contributed by atoms with Crippen LogP contribution in [0.15, 0.2) is 9.98 Å². The molecule has 2 aliphatic heterocycles. The number of nitrogens with one attached hydrogen (secondary N) is 1. The molecule has 1 N–H and O–H groups in total. The molecule has 0 saturated carbocycles. The van der Waals surface area contributed by atoms with E-state index in [0.29, 0.717) is 6.04 Å². The molecular weight excluding hydrogens is 310 g/mol. The van der Waals surface area contributed by atoms with Gasteiger partial charge in [-0.25, -0.2) is 4.98 Å². The second-order valence-electron chi connectivity index (χ2n) is 5.41. The van der Waals surface area contributed by atoms with Gasteiger partial charge < -0.3 is 10.2 Å². The van der Waals surface area contributed by atoms with Crippen molar-refractivity contribution >= 4 is 32.4 Å². The number of aromatic nitrogens is 1. The summed E-state index contributed by atoms with van der Waals surface area (Å²) in [5, 5.41) is 7.00. The Morgan fingerprint density at radius 3 is 2.72 bits per heavy atom. The SMILES string of the molecule is CCCN(c1nc(Br)cs1)C1CC2CCC(C1)N2. The Bertz CT molecular complexity index is 397. The van der Waals surface area contributed by atoms with E-state index in [0.717, 1.165) is 23.2 Å². The monoisotopic (exact) mass is 329 g/mol. The van der Waals surface area contributed by atoms with Crippen molar-refractivity contribution in [2.24, 2.45) is 0 Å². The van der Waals surface area contributed by atoms with Crippen LogP contribution in [0.5, 0.6) is 0 Å². The molecule has 1 aromatic heterocycles. The van der Waals surface area contributed by atoms with Gasteiger partial charge in [0.2, 0.25) is 0 Å². The van der Waals surface area contributed by atoms with Gasteiger partial charge in [0.05, 0.1) is 0 Å². The minimum atomic E-state index is 0.682. The number of anilines is 1. The van der Waals surface area contributed by atoms with Gasteiger partial charge in [0.25, 0.3) is 0 Å². The Morgan fingerprint density at radius 1 is 1.44 bits per heavy atom. The second kappa shape index (κ2) is 5.47. The van der Waals surface area contributed by atoms with Crippen LogP contribution >= 0.6 is 27.3 Å². The fourth-order valence-corrected chi connectivity index (χ4v) is 4.68. The first kappa shape index (κ1) is 12.9.